The molecule has 0 radical (unpaired) electrons. The van der Waals surface area contributed by atoms with Crippen LogP contribution < -0.4 is 10.6 Å². The van der Waals surface area contributed by atoms with Gasteiger partial charge in [0.25, 0.3) is 0 Å². The molecule has 4 nitrogen and oxygen atoms in total. The Hall–Kier alpha value is -2.56. The molecule has 0 saturated carbocycles. The summed E-state index contributed by atoms with van der Waals surface area (Å²) in [5, 5.41) is 0. The summed E-state index contributed by atoms with van der Waals surface area (Å²) in [4.78, 5) is 16.6. The minimum absolute atomic E-state index is 0.0344. The van der Waals surface area contributed by atoms with Crippen molar-refractivity contribution in [2.75, 3.05) is 30.8 Å². The van der Waals surface area contributed by atoms with E-state index in [9.17, 15) is 9.18 Å². The van der Waals surface area contributed by atoms with Crippen LogP contribution in [-0.2, 0) is 11.2 Å². The van der Waals surface area contributed by atoms with Gasteiger partial charge >= 0.3 is 0 Å². The van der Waals surface area contributed by atoms with Crippen molar-refractivity contribution in [2.45, 2.75) is 25.8 Å². The quantitative estimate of drug-likeness (QED) is 0.868. The summed E-state index contributed by atoms with van der Waals surface area (Å²) in [5.74, 6) is -0.237. The second kappa shape index (κ2) is 7.13. The molecule has 1 atom stereocenters. The second-order valence-electron chi connectivity index (χ2n) is 6.60. The molecule has 132 valence electrons. The Labute approximate surface area is 148 Å². The Bertz CT molecular complexity index is 760. The number of carbonyl (C=O) groups excluding carboxylic acids is 1. The van der Waals surface area contributed by atoms with E-state index in [1.165, 1.54) is 12.1 Å². The van der Waals surface area contributed by atoms with Gasteiger partial charge in [-0.2, -0.15) is 0 Å². The Kier molecular flexibility index (Phi) is 4.93. The molecule has 5 heteroatoms. The van der Waals surface area contributed by atoms with Crippen LogP contribution in [0.15, 0.2) is 42.5 Å². The standard InChI is InChI=1S/C20H24FN3O/c1-14(15-8-10-16(21)11-9-15)23(2)20(25)13-24-12-4-5-17-18(22)6-3-7-19(17)24/h3,6-11,14H,4-5,12-13,22H2,1-2H3. The van der Waals surface area contributed by atoms with Crippen LogP contribution in [0.2, 0.25) is 0 Å². The number of anilines is 2. The van der Waals surface area contributed by atoms with Gasteiger partial charge in [0.15, 0.2) is 0 Å². The molecular weight excluding hydrogens is 317 g/mol. The maximum atomic E-state index is 13.1. The van der Waals surface area contributed by atoms with Gasteiger partial charge in [-0.05, 0) is 55.2 Å². The van der Waals surface area contributed by atoms with Crippen molar-refractivity contribution in [1.82, 2.24) is 4.90 Å². The molecule has 2 aromatic rings. The molecule has 0 saturated heterocycles. The number of hydrogen-bond acceptors (Lipinski definition) is 3. The lowest BCUT2D eigenvalue weighted by Crippen LogP contribution is -2.41. The van der Waals surface area contributed by atoms with Crippen molar-refractivity contribution in [3.63, 3.8) is 0 Å². The van der Waals surface area contributed by atoms with Crippen LogP contribution in [0.3, 0.4) is 0 Å². The SMILES string of the molecule is CC(c1ccc(F)cc1)N(C)C(=O)CN1CCCc2c(N)cccc21. The summed E-state index contributed by atoms with van der Waals surface area (Å²) in [6.07, 6.45) is 1.94. The normalized spacial score (nSPS) is 14.8. The average Bonchev–Trinajstić information content (AvgIpc) is 2.62. The van der Waals surface area contributed by atoms with E-state index in [-0.39, 0.29) is 17.8 Å². The largest absolute Gasteiger partial charge is 0.398 e. The lowest BCUT2D eigenvalue weighted by molar-refractivity contribution is -0.130. The van der Waals surface area contributed by atoms with Crippen LogP contribution in [0.5, 0.6) is 0 Å². The van der Waals surface area contributed by atoms with Crippen molar-refractivity contribution < 1.29 is 9.18 Å². The van der Waals surface area contributed by atoms with Crippen molar-refractivity contribution in [1.29, 1.82) is 0 Å². The number of amides is 1. The van der Waals surface area contributed by atoms with Crippen molar-refractivity contribution in [3.8, 4) is 0 Å². The average molecular weight is 341 g/mol. The second-order valence-corrected chi connectivity index (χ2v) is 6.60. The Morgan fingerprint density at radius 3 is 2.72 bits per heavy atom. The minimum atomic E-state index is -0.271. The van der Waals surface area contributed by atoms with Gasteiger partial charge < -0.3 is 15.5 Å². The fraction of sp³-hybridized carbons (Fsp3) is 0.350. The molecule has 2 N–H and O–H groups in total. The monoisotopic (exact) mass is 341 g/mol. The summed E-state index contributed by atoms with van der Waals surface area (Å²) in [5.41, 5.74) is 9.98. The molecule has 1 unspecified atom stereocenters. The van der Waals surface area contributed by atoms with Gasteiger partial charge in [0.1, 0.15) is 5.82 Å². The molecule has 1 aliphatic rings. The van der Waals surface area contributed by atoms with Gasteiger partial charge in [-0.25, -0.2) is 4.39 Å². The molecule has 0 bridgehead atoms. The lowest BCUT2D eigenvalue weighted by atomic mass is 10.00. The lowest BCUT2D eigenvalue weighted by Gasteiger charge is -2.34. The highest BCUT2D eigenvalue weighted by atomic mass is 19.1. The highest BCUT2D eigenvalue weighted by Gasteiger charge is 2.24. The number of nitrogens with two attached hydrogens (primary N) is 1. The van der Waals surface area contributed by atoms with Crippen LogP contribution in [0.1, 0.15) is 30.5 Å². The number of nitrogen functional groups attached to an aromatic ring is 1. The number of carbonyl (C=O) groups is 1. The zero-order chi connectivity index (χ0) is 18.0. The maximum absolute atomic E-state index is 13.1. The van der Waals surface area contributed by atoms with Crippen LogP contribution in [0.25, 0.3) is 0 Å². The number of fused-ring (bicyclic) bond motifs is 1. The summed E-state index contributed by atoms with van der Waals surface area (Å²) in [6, 6.07) is 12.1. The number of nitrogens with zero attached hydrogens (tertiary/aromatic N) is 2. The first-order valence-corrected chi connectivity index (χ1v) is 8.61. The van der Waals surface area contributed by atoms with Gasteiger partial charge in [0.05, 0.1) is 12.6 Å². The first-order valence-electron chi connectivity index (χ1n) is 8.61. The van der Waals surface area contributed by atoms with Gasteiger partial charge in [-0.1, -0.05) is 18.2 Å². The topological polar surface area (TPSA) is 49.6 Å². The molecule has 0 spiro atoms. The van der Waals surface area contributed by atoms with Gasteiger partial charge in [0.2, 0.25) is 5.91 Å². The molecule has 3 rings (SSSR count). The fourth-order valence-electron chi connectivity index (χ4n) is 3.35. The third kappa shape index (κ3) is 3.60. The summed E-state index contributed by atoms with van der Waals surface area (Å²) >= 11 is 0. The van der Waals surface area contributed by atoms with Gasteiger partial charge in [-0.3, -0.25) is 4.79 Å². The highest BCUT2D eigenvalue weighted by Crippen LogP contribution is 2.31. The molecule has 0 aliphatic carbocycles. The van der Waals surface area contributed by atoms with E-state index in [1.807, 2.05) is 25.1 Å². The van der Waals surface area contributed by atoms with Gasteiger partial charge in [0, 0.05) is 25.0 Å². The molecule has 25 heavy (non-hydrogen) atoms. The van der Waals surface area contributed by atoms with Crippen LogP contribution in [-0.4, -0.2) is 30.9 Å². The van der Waals surface area contributed by atoms with E-state index in [2.05, 4.69) is 4.90 Å². The number of halogens is 1. The first-order chi connectivity index (χ1) is 12.0. The molecule has 2 aromatic carbocycles. The first kappa shape index (κ1) is 17.3. The Morgan fingerprint density at radius 2 is 2.00 bits per heavy atom. The minimum Gasteiger partial charge on any atom is -0.398 e. The smallest absolute Gasteiger partial charge is 0.242 e. The third-order valence-corrected chi connectivity index (χ3v) is 5.04. The van der Waals surface area contributed by atoms with E-state index >= 15 is 0 Å². The molecule has 1 heterocycles. The predicted octanol–water partition coefficient (Wildman–Crippen LogP) is 3.38. The Balaban J connectivity index is 1.72. The molecule has 0 fully saturated rings. The number of rotatable bonds is 4. The summed E-state index contributed by atoms with van der Waals surface area (Å²) < 4.78 is 13.1. The number of hydrogen-bond donors (Lipinski definition) is 1. The zero-order valence-electron chi connectivity index (χ0n) is 14.7. The molecule has 0 aromatic heterocycles. The third-order valence-electron chi connectivity index (χ3n) is 5.04. The predicted molar refractivity (Wildman–Crippen MR) is 99.0 cm³/mol. The van der Waals surface area contributed by atoms with E-state index in [4.69, 9.17) is 5.73 Å². The van der Waals surface area contributed by atoms with Crippen LogP contribution in [0.4, 0.5) is 15.8 Å². The Morgan fingerprint density at radius 1 is 1.28 bits per heavy atom. The molecule has 1 amide bonds. The van der Waals surface area contributed by atoms with E-state index < -0.39 is 0 Å². The number of likely N-dealkylation sites (N-methyl/N-ethyl adjacent to an activating group) is 1. The maximum Gasteiger partial charge on any atom is 0.242 e. The van der Waals surface area contributed by atoms with Crippen molar-refractivity contribution in [3.05, 3.63) is 59.4 Å². The summed E-state index contributed by atoms with van der Waals surface area (Å²) in [7, 11) is 1.79. The molecule has 1 aliphatic heterocycles. The van der Waals surface area contributed by atoms with Gasteiger partial charge in [-0.15, -0.1) is 0 Å². The van der Waals surface area contributed by atoms with Crippen LogP contribution >= 0.6 is 0 Å². The highest BCUT2D eigenvalue weighted by molar-refractivity contribution is 5.83. The van der Waals surface area contributed by atoms with E-state index in [1.54, 1.807) is 24.1 Å². The van der Waals surface area contributed by atoms with E-state index in [0.29, 0.717) is 6.54 Å². The summed E-state index contributed by atoms with van der Waals surface area (Å²) in [6.45, 7) is 3.12. The number of benzene rings is 2. The van der Waals surface area contributed by atoms with Crippen molar-refractivity contribution >= 4 is 17.3 Å². The van der Waals surface area contributed by atoms with Crippen LogP contribution in [0, 0.1) is 5.82 Å². The van der Waals surface area contributed by atoms with Crippen molar-refractivity contribution in [2.24, 2.45) is 0 Å². The zero-order valence-corrected chi connectivity index (χ0v) is 14.7. The fourth-order valence-corrected chi connectivity index (χ4v) is 3.35. The van der Waals surface area contributed by atoms with E-state index in [0.717, 1.165) is 41.9 Å². The molecular formula is C20H24FN3O.